The number of nitrogens with one attached hydrogen (secondary N) is 1. The number of ether oxygens (including phenoxy) is 1. The molecule has 0 saturated carbocycles. The molecule has 2 aromatic carbocycles. The van der Waals surface area contributed by atoms with Gasteiger partial charge in [0, 0.05) is 32.8 Å². The molecule has 0 radical (unpaired) electrons. The Hall–Kier alpha value is -2.96. The molecule has 2 heterocycles. The average molecular weight is 419 g/mol. The van der Waals surface area contributed by atoms with Crippen molar-refractivity contribution in [3.8, 4) is 0 Å². The lowest BCUT2D eigenvalue weighted by atomic mass is 10.0. The van der Waals surface area contributed by atoms with Crippen molar-refractivity contribution in [1.29, 1.82) is 0 Å². The van der Waals surface area contributed by atoms with Gasteiger partial charge in [0.15, 0.2) is 6.10 Å². The Morgan fingerprint density at radius 3 is 2.61 bits per heavy atom. The number of carbonyl (C=O) groups is 1. The number of piperidine rings is 1. The third-order valence-corrected chi connectivity index (χ3v) is 5.89. The van der Waals surface area contributed by atoms with Crippen LogP contribution in [0.2, 0.25) is 0 Å². The van der Waals surface area contributed by atoms with Crippen LogP contribution in [0.15, 0.2) is 66.9 Å². The van der Waals surface area contributed by atoms with Crippen LogP contribution >= 0.6 is 0 Å². The minimum atomic E-state index is -0.652. The summed E-state index contributed by atoms with van der Waals surface area (Å²) in [6.45, 7) is 5.13. The van der Waals surface area contributed by atoms with Gasteiger partial charge in [0.1, 0.15) is 5.82 Å². The molecule has 1 N–H and O–H groups in total. The van der Waals surface area contributed by atoms with E-state index in [1.54, 1.807) is 13.3 Å². The maximum Gasteiger partial charge on any atom is 0.259 e. The summed E-state index contributed by atoms with van der Waals surface area (Å²) in [5.74, 6) is 0.535. The van der Waals surface area contributed by atoms with Gasteiger partial charge in [-0.25, -0.2) is 4.68 Å². The molecule has 1 aliphatic heterocycles. The van der Waals surface area contributed by atoms with Gasteiger partial charge in [-0.1, -0.05) is 60.2 Å². The molecular formula is C25H30N4O2. The predicted octanol–water partition coefficient (Wildman–Crippen LogP) is 4.35. The van der Waals surface area contributed by atoms with Crippen LogP contribution in [0, 0.1) is 6.92 Å². The zero-order chi connectivity index (χ0) is 21.6. The molecule has 1 unspecified atom stereocenters. The highest BCUT2D eigenvalue weighted by Gasteiger charge is 2.25. The lowest BCUT2D eigenvalue weighted by Gasteiger charge is -2.32. The van der Waals surface area contributed by atoms with Crippen molar-refractivity contribution in [3.05, 3.63) is 83.6 Å². The fraction of sp³-hybridized carbons (Fsp3) is 0.360. The number of amides is 1. The lowest BCUT2D eigenvalue weighted by molar-refractivity contribution is -0.126. The molecule has 3 aromatic rings. The molecule has 1 amide bonds. The molecule has 0 aliphatic carbocycles. The largest absolute Gasteiger partial charge is 0.367 e. The molecular weight excluding hydrogens is 388 g/mol. The van der Waals surface area contributed by atoms with Crippen LogP contribution in [-0.4, -0.2) is 40.8 Å². The van der Waals surface area contributed by atoms with E-state index in [2.05, 4.69) is 46.5 Å². The second kappa shape index (κ2) is 9.90. The number of likely N-dealkylation sites (tertiary alicyclic amines) is 1. The predicted molar refractivity (Wildman–Crippen MR) is 122 cm³/mol. The fourth-order valence-electron chi connectivity index (χ4n) is 4.31. The fourth-order valence-corrected chi connectivity index (χ4v) is 4.31. The highest BCUT2D eigenvalue weighted by Crippen LogP contribution is 2.27. The summed E-state index contributed by atoms with van der Waals surface area (Å²) in [6, 6.07) is 20.4. The van der Waals surface area contributed by atoms with Crippen LogP contribution < -0.4 is 5.32 Å². The van der Waals surface area contributed by atoms with Crippen LogP contribution in [-0.2, 0) is 16.1 Å². The van der Waals surface area contributed by atoms with Gasteiger partial charge < -0.3 is 10.1 Å². The standard InChI is InChI=1S/C25H30N4O2/c1-19-7-6-8-20(17-19)18-28-15-12-22(13-16-28)29-23(11-14-26-29)27-25(30)24(31-2)21-9-4-3-5-10-21/h3-11,14,17,22,24H,12-13,15-16,18H2,1-2H3,(H,27,30). The number of aryl methyl sites for hydroxylation is 1. The summed E-state index contributed by atoms with van der Waals surface area (Å²) >= 11 is 0. The van der Waals surface area contributed by atoms with E-state index in [0.717, 1.165) is 43.9 Å². The number of carbonyl (C=O) groups excluding carboxylic acids is 1. The Labute approximate surface area is 183 Å². The molecule has 31 heavy (non-hydrogen) atoms. The Morgan fingerprint density at radius 2 is 1.90 bits per heavy atom. The summed E-state index contributed by atoms with van der Waals surface area (Å²) < 4.78 is 7.42. The Bertz CT molecular complexity index is 994. The molecule has 1 aromatic heterocycles. The SMILES string of the molecule is COC(C(=O)Nc1ccnn1C1CCN(Cc2cccc(C)c2)CC1)c1ccccc1. The van der Waals surface area contributed by atoms with E-state index in [0.29, 0.717) is 0 Å². The van der Waals surface area contributed by atoms with Gasteiger partial charge in [0.25, 0.3) is 5.91 Å². The summed E-state index contributed by atoms with van der Waals surface area (Å²) in [7, 11) is 1.55. The van der Waals surface area contributed by atoms with Crippen molar-refractivity contribution >= 4 is 11.7 Å². The number of aromatic nitrogens is 2. The molecule has 4 rings (SSSR count). The zero-order valence-corrected chi connectivity index (χ0v) is 18.2. The summed E-state index contributed by atoms with van der Waals surface area (Å²) in [6.07, 6.45) is 3.10. The van der Waals surface area contributed by atoms with Crippen molar-refractivity contribution in [2.24, 2.45) is 0 Å². The van der Waals surface area contributed by atoms with E-state index >= 15 is 0 Å². The molecule has 1 atom stereocenters. The summed E-state index contributed by atoms with van der Waals surface area (Å²) in [5, 5.41) is 7.53. The van der Waals surface area contributed by atoms with Crippen LogP contribution in [0.3, 0.4) is 0 Å². The van der Waals surface area contributed by atoms with Crippen molar-refractivity contribution in [1.82, 2.24) is 14.7 Å². The van der Waals surface area contributed by atoms with E-state index in [1.807, 2.05) is 41.1 Å². The van der Waals surface area contributed by atoms with Gasteiger partial charge >= 0.3 is 0 Å². The first kappa shape index (κ1) is 21.3. The smallest absolute Gasteiger partial charge is 0.259 e. The molecule has 1 saturated heterocycles. The lowest BCUT2D eigenvalue weighted by Crippen LogP contribution is -2.35. The van der Waals surface area contributed by atoms with Gasteiger partial charge in [0.2, 0.25) is 0 Å². The van der Waals surface area contributed by atoms with Crippen molar-refractivity contribution in [3.63, 3.8) is 0 Å². The van der Waals surface area contributed by atoms with Gasteiger partial charge in [-0.3, -0.25) is 9.69 Å². The first-order chi connectivity index (χ1) is 15.1. The number of benzene rings is 2. The van der Waals surface area contributed by atoms with Gasteiger partial charge in [0.05, 0.1) is 12.2 Å². The highest BCUT2D eigenvalue weighted by atomic mass is 16.5. The average Bonchev–Trinajstić information content (AvgIpc) is 3.23. The van der Waals surface area contributed by atoms with Gasteiger partial charge in [-0.2, -0.15) is 5.10 Å². The van der Waals surface area contributed by atoms with E-state index in [1.165, 1.54) is 11.1 Å². The third kappa shape index (κ3) is 5.21. The Morgan fingerprint density at radius 1 is 1.13 bits per heavy atom. The molecule has 1 aliphatic rings. The van der Waals surface area contributed by atoms with E-state index in [4.69, 9.17) is 4.74 Å². The van der Waals surface area contributed by atoms with E-state index in [9.17, 15) is 4.79 Å². The number of anilines is 1. The molecule has 0 spiro atoms. The number of hydrogen-bond donors (Lipinski definition) is 1. The van der Waals surface area contributed by atoms with Crippen molar-refractivity contribution < 1.29 is 9.53 Å². The number of hydrogen-bond acceptors (Lipinski definition) is 4. The van der Waals surface area contributed by atoms with Gasteiger partial charge in [-0.15, -0.1) is 0 Å². The summed E-state index contributed by atoms with van der Waals surface area (Å²) in [5.41, 5.74) is 3.49. The maximum absolute atomic E-state index is 12.9. The monoisotopic (exact) mass is 418 g/mol. The molecule has 162 valence electrons. The second-order valence-corrected chi connectivity index (χ2v) is 8.17. The first-order valence-corrected chi connectivity index (χ1v) is 10.8. The molecule has 1 fully saturated rings. The molecule has 6 heteroatoms. The quantitative estimate of drug-likeness (QED) is 0.620. The van der Waals surface area contributed by atoms with E-state index < -0.39 is 6.10 Å². The van der Waals surface area contributed by atoms with E-state index in [-0.39, 0.29) is 11.9 Å². The highest BCUT2D eigenvalue weighted by molar-refractivity contribution is 5.94. The zero-order valence-electron chi connectivity index (χ0n) is 18.2. The van der Waals surface area contributed by atoms with Crippen LogP contribution in [0.1, 0.15) is 41.7 Å². The topological polar surface area (TPSA) is 59.4 Å². The van der Waals surface area contributed by atoms with Gasteiger partial charge in [-0.05, 0) is 30.9 Å². The number of rotatable bonds is 7. The Balaban J connectivity index is 1.37. The minimum Gasteiger partial charge on any atom is -0.367 e. The van der Waals surface area contributed by atoms with Crippen LogP contribution in [0.5, 0.6) is 0 Å². The van der Waals surface area contributed by atoms with Crippen LogP contribution in [0.25, 0.3) is 0 Å². The number of methoxy groups -OCH3 is 1. The Kier molecular flexibility index (Phi) is 6.79. The summed E-state index contributed by atoms with van der Waals surface area (Å²) in [4.78, 5) is 15.4. The minimum absolute atomic E-state index is 0.188. The van der Waals surface area contributed by atoms with Crippen LogP contribution in [0.4, 0.5) is 5.82 Å². The normalized spacial score (nSPS) is 16.2. The number of nitrogens with zero attached hydrogens (tertiary/aromatic N) is 3. The maximum atomic E-state index is 12.9. The second-order valence-electron chi connectivity index (χ2n) is 8.17. The first-order valence-electron chi connectivity index (χ1n) is 10.8. The van der Waals surface area contributed by atoms with Crippen molar-refractivity contribution in [2.45, 2.75) is 38.5 Å². The molecule has 0 bridgehead atoms. The third-order valence-electron chi connectivity index (χ3n) is 5.89. The molecule has 6 nitrogen and oxygen atoms in total. The van der Waals surface area contributed by atoms with Crippen molar-refractivity contribution in [2.75, 3.05) is 25.5 Å².